The number of para-hydroxylation sites is 1. The van der Waals surface area contributed by atoms with Crippen molar-refractivity contribution in [3.63, 3.8) is 0 Å². The van der Waals surface area contributed by atoms with Crippen molar-refractivity contribution < 1.29 is 0 Å². The lowest BCUT2D eigenvalue weighted by Gasteiger charge is -2.14. The Kier molecular flexibility index (Phi) is 4.44. The molecule has 1 aromatic heterocycles. The molecule has 0 aliphatic rings. The maximum Gasteiger partial charge on any atom is 0.258 e. The lowest BCUT2D eigenvalue weighted by molar-refractivity contribution is 0.911. The molecule has 3 aromatic carbocycles. The summed E-state index contributed by atoms with van der Waals surface area (Å²) in [5.41, 5.74) is 3.57. The fourth-order valence-electron chi connectivity index (χ4n) is 3.03. The zero-order valence-electron chi connectivity index (χ0n) is 14.2. The number of nitrogens with zero attached hydrogens (tertiary/aromatic N) is 2. The Hall–Kier alpha value is -3.46. The van der Waals surface area contributed by atoms with Crippen LogP contribution in [-0.4, -0.2) is 9.55 Å². The van der Waals surface area contributed by atoms with Gasteiger partial charge in [0.1, 0.15) is 5.82 Å². The molecule has 3 heteroatoms. The summed E-state index contributed by atoms with van der Waals surface area (Å²) in [5.74, 6) is 0.662. The molecule has 4 rings (SSSR count). The van der Waals surface area contributed by atoms with Gasteiger partial charge in [-0.15, -0.1) is 0 Å². The number of benzene rings is 3. The highest BCUT2D eigenvalue weighted by atomic mass is 16.1. The molecule has 0 spiro atoms. The van der Waals surface area contributed by atoms with Gasteiger partial charge in [0.25, 0.3) is 5.56 Å². The van der Waals surface area contributed by atoms with E-state index in [1.807, 2.05) is 91.0 Å². The van der Waals surface area contributed by atoms with E-state index >= 15 is 0 Å². The normalized spacial score (nSPS) is 10.6. The van der Waals surface area contributed by atoms with Crippen LogP contribution in [0.3, 0.4) is 0 Å². The standard InChI is InChI=1S/C23H18N2O/c26-22-17-20(16-18-10-4-1-5-11-18)24-23(19-12-6-2-7-13-19)25(22)21-14-8-3-9-15-21/h1-15,17H,16H2. The van der Waals surface area contributed by atoms with E-state index in [0.29, 0.717) is 12.2 Å². The minimum atomic E-state index is -0.0732. The van der Waals surface area contributed by atoms with Crippen molar-refractivity contribution in [2.75, 3.05) is 0 Å². The van der Waals surface area contributed by atoms with Gasteiger partial charge in [-0.05, 0) is 17.7 Å². The first-order valence-electron chi connectivity index (χ1n) is 8.59. The van der Waals surface area contributed by atoms with Gasteiger partial charge in [-0.25, -0.2) is 4.98 Å². The van der Waals surface area contributed by atoms with Gasteiger partial charge in [-0.1, -0.05) is 78.9 Å². The van der Waals surface area contributed by atoms with Crippen LogP contribution >= 0.6 is 0 Å². The fourth-order valence-corrected chi connectivity index (χ4v) is 3.03. The summed E-state index contributed by atoms with van der Waals surface area (Å²) in [7, 11) is 0. The molecule has 0 fully saturated rings. The van der Waals surface area contributed by atoms with Crippen LogP contribution in [0.5, 0.6) is 0 Å². The van der Waals surface area contributed by atoms with E-state index in [1.54, 1.807) is 10.6 Å². The van der Waals surface area contributed by atoms with Crippen LogP contribution in [0.25, 0.3) is 17.1 Å². The van der Waals surface area contributed by atoms with E-state index in [0.717, 1.165) is 22.5 Å². The van der Waals surface area contributed by atoms with Crippen molar-refractivity contribution in [2.45, 2.75) is 6.42 Å². The Morgan fingerprint density at radius 3 is 1.96 bits per heavy atom. The second-order valence-electron chi connectivity index (χ2n) is 6.11. The van der Waals surface area contributed by atoms with Crippen LogP contribution in [0, 0.1) is 0 Å². The zero-order chi connectivity index (χ0) is 17.8. The summed E-state index contributed by atoms with van der Waals surface area (Å²) in [4.78, 5) is 17.8. The zero-order valence-corrected chi connectivity index (χ0v) is 14.2. The molecular weight excluding hydrogens is 320 g/mol. The van der Waals surface area contributed by atoms with Crippen LogP contribution in [0.4, 0.5) is 0 Å². The molecule has 0 aliphatic carbocycles. The first kappa shape index (κ1) is 16.0. The summed E-state index contributed by atoms with van der Waals surface area (Å²) in [5, 5.41) is 0. The van der Waals surface area contributed by atoms with Gasteiger partial charge in [-0.3, -0.25) is 9.36 Å². The fraction of sp³-hybridized carbons (Fsp3) is 0.0435. The first-order valence-corrected chi connectivity index (χ1v) is 8.59. The maximum atomic E-state index is 12.9. The van der Waals surface area contributed by atoms with E-state index in [2.05, 4.69) is 0 Å². The highest BCUT2D eigenvalue weighted by molar-refractivity contribution is 5.58. The van der Waals surface area contributed by atoms with Gasteiger partial charge in [0.2, 0.25) is 0 Å². The van der Waals surface area contributed by atoms with Gasteiger partial charge in [0.15, 0.2) is 0 Å². The molecule has 1 heterocycles. The van der Waals surface area contributed by atoms with E-state index < -0.39 is 0 Å². The predicted octanol–water partition coefficient (Wildman–Crippen LogP) is 4.49. The number of aromatic nitrogens is 2. The molecule has 26 heavy (non-hydrogen) atoms. The Bertz CT molecular complexity index is 1060. The predicted molar refractivity (Wildman–Crippen MR) is 105 cm³/mol. The van der Waals surface area contributed by atoms with E-state index in [4.69, 9.17) is 4.98 Å². The third-order valence-corrected chi connectivity index (χ3v) is 4.25. The second kappa shape index (κ2) is 7.19. The molecule has 0 atom stereocenters. The minimum absolute atomic E-state index is 0.0732. The Labute approximate surface area is 152 Å². The summed E-state index contributed by atoms with van der Waals surface area (Å²) in [6, 6.07) is 31.2. The Balaban J connectivity index is 1.88. The Morgan fingerprint density at radius 1 is 0.731 bits per heavy atom. The molecular formula is C23H18N2O. The topological polar surface area (TPSA) is 34.9 Å². The molecule has 0 aliphatic heterocycles. The van der Waals surface area contributed by atoms with E-state index in [1.165, 1.54) is 0 Å². The molecule has 0 saturated carbocycles. The van der Waals surface area contributed by atoms with Crippen molar-refractivity contribution in [1.29, 1.82) is 0 Å². The highest BCUT2D eigenvalue weighted by Crippen LogP contribution is 2.20. The summed E-state index contributed by atoms with van der Waals surface area (Å²) in [6.45, 7) is 0. The molecule has 126 valence electrons. The van der Waals surface area contributed by atoms with E-state index in [9.17, 15) is 4.79 Å². The third kappa shape index (κ3) is 3.33. The van der Waals surface area contributed by atoms with Crippen molar-refractivity contribution in [3.05, 3.63) is 119 Å². The average molecular weight is 338 g/mol. The SMILES string of the molecule is O=c1cc(Cc2ccccc2)nc(-c2ccccc2)n1-c1ccccc1. The maximum absolute atomic E-state index is 12.9. The van der Waals surface area contributed by atoms with Gasteiger partial charge < -0.3 is 0 Å². The van der Waals surface area contributed by atoms with Gasteiger partial charge in [0.05, 0.1) is 11.4 Å². The van der Waals surface area contributed by atoms with Crippen LogP contribution in [0.1, 0.15) is 11.3 Å². The molecule has 0 N–H and O–H groups in total. The molecule has 0 radical (unpaired) electrons. The molecule has 0 bridgehead atoms. The smallest absolute Gasteiger partial charge is 0.258 e. The molecule has 3 nitrogen and oxygen atoms in total. The van der Waals surface area contributed by atoms with Gasteiger partial charge in [-0.2, -0.15) is 0 Å². The Morgan fingerprint density at radius 2 is 1.31 bits per heavy atom. The monoisotopic (exact) mass is 338 g/mol. The first-order chi connectivity index (χ1) is 12.8. The van der Waals surface area contributed by atoms with Crippen LogP contribution < -0.4 is 5.56 Å². The van der Waals surface area contributed by atoms with E-state index in [-0.39, 0.29) is 5.56 Å². The van der Waals surface area contributed by atoms with Crippen LogP contribution in [0.2, 0.25) is 0 Å². The van der Waals surface area contributed by atoms with Crippen molar-refractivity contribution in [3.8, 4) is 17.1 Å². The minimum Gasteiger partial charge on any atom is -0.269 e. The van der Waals surface area contributed by atoms with Gasteiger partial charge >= 0.3 is 0 Å². The summed E-state index contributed by atoms with van der Waals surface area (Å²) < 4.78 is 1.67. The quantitative estimate of drug-likeness (QED) is 0.549. The number of hydrogen-bond donors (Lipinski definition) is 0. The largest absolute Gasteiger partial charge is 0.269 e. The number of hydrogen-bond acceptors (Lipinski definition) is 2. The average Bonchev–Trinajstić information content (AvgIpc) is 2.70. The van der Waals surface area contributed by atoms with Crippen LogP contribution in [-0.2, 0) is 6.42 Å². The van der Waals surface area contributed by atoms with Crippen molar-refractivity contribution in [1.82, 2.24) is 9.55 Å². The van der Waals surface area contributed by atoms with Crippen molar-refractivity contribution in [2.24, 2.45) is 0 Å². The van der Waals surface area contributed by atoms with Crippen LogP contribution in [0.15, 0.2) is 102 Å². The number of rotatable bonds is 4. The molecule has 0 amide bonds. The second-order valence-corrected chi connectivity index (χ2v) is 6.11. The lowest BCUT2D eigenvalue weighted by atomic mass is 10.1. The lowest BCUT2D eigenvalue weighted by Crippen LogP contribution is -2.22. The molecule has 4 aromatic rings. The summed E-state index contributed by atoms with van der Waals surface area (Å²) in [6.07, 6.45) is 0.630. The van der Waals surface area contributed by atoms with Gasteiger partial charge in [0, 0.05) is 18.1 Å². The third-order valence-electron chi connectivity index (χ3n) is 4.25. The van der Waals surface area contributed by atoms with Crippen molar-refractivity contribution >= 4 is 0 Å². The molecule has 0 unspecified atom stereocenters. The molecule has 0 saturated heterocycles. The summed E-state index contributed by atoms with van der Waals surface area (Å²) >= 11 is 0. The highest BCUT2D eigenvalue weighted by Gasteiger charge is 2.12.